The first kappa shape index (κ1) is 20.5. The lowest BCUT2D eigenvalue weighted by molar-refractivity contribution is -0.130. The molecule has 1 amide bonds. The Morgan fingerprint density at radius 1 is 1.08 bits per heavy atom. The number of fused-ring (bicyclic) bond motifs is 1. The van der Waals surface area contributed by atoms with E-state index in [0.29, 0.717) is 44.1 Å². The summed E-state index contributed by atoms with van der Waals surface area (Å²) >= 11 is 0. The molecule has 7 nitrogen and oxygen atoms in total. The number of carbonyl (C=O) groups is 1. The zero-order chi connectivity index (χ0) is 19.0. The normalized spacial score (nSPS) is 13.5. The van der Waals surface area contributed by atoms with Gasteiger partial charge >= 0.3 is 0 Å². The number of rotatable bonds is 10. The molecule has 1 N–H and O–H groups in total. The number of ether oxygens (including phenoxy) is 2. The molecule has 8 heteroatoms. The zero-order valence-corrected chi connectivity index (χ0v) is 16.3. The summed E-state index contributed by atoms with van der Waals surface area (Å²) in [7, 11) is -3.58. The molecule has 1 aliphatic heterocycles. The summed E-state index contributed by atoms with van der Waals surface area (Å²) in [5.74, 6) is 1.17. The molecule has 1 aromatic carbocycles. The van der Waals surface area contributed by atoms with Crippen molar-refractivity contribution in [3.63, 3.8) is 0 Å². The average Bonchev–Trinajstić information content (AvgIpc) is 2.65. The van der Waals surface area contributed by atoms with Gasteiger partial charge in [-0.25, -0.2) is 13.1 Å². The van der Waals surface area contributed by atoms with Crippen molar-refractivity contribution >= 4 is 15.9 Å². The van der Waals surface area contributed by atoms with Gasteiger partial charge in [-0.05, 0) is 38.8 Å². The number of hydrogen-bond donors (Lipinski definition) is 1. The molecule has 0 fully saturated rings. The van der Waals surface area contributed by atoms with Gasteiger partial charge in [0.05, 0.1) is 4.90 Å². The van der Waals surface area contributed by atoms with Crippen LogP contribution in [0.2, 0.25) is 0 Å². The minimum atomic E-state index is -3.58. The molecule has 1 aliphatic rings. The Kier molecular flexibility index (Phi) is 7.71. The zero-order valence-electron chi connectivity index (χ0n) is 15.5. The number of nitrogens with zero attached hydrogens (tertiary/aromatic N) is 1. The molecular weight excluding hydrogens is 356 g/mol. The van der Waals surface area contributed by atoms with Crippen LogP contribution in [-0.4, -0.2) is 52.1 Å². The number of benzene rings is 1. The van der Waals surface area contributed by atoms with Crippen LogP contribution in [0.15, 0.2) is 23.1 Å². The minimum Gasteiger partial charge on any atom is -0.486 e. The lowest BCUT2D eigenvalue weighted by atomic mass is 10.2. The van der Waals surface area contributed by atoms with Gasteiger partial charge in [-0.1, -0.05) is 6.42 Å². The van der Waals surface area contributed by atoms with Crippen molar-refractivity contribution in [2.75, 3.05) is 32.8 Å². The topological polar surface area (TPSA) is 84.9 Å². The number of carbonyl (C=O) groups excluding carboxylic acids is 1. The number of hydrogen-bond acceptors (Lipinski definition) is 5. The van der Waals surface area contributed by atoms with E-state index >= 15 is 0 Å². The Bertz CT molecular complexity index is 702. The van der Waals surface area contributed by atoms with Crippen molar-refractivity contribution in [3.8, 4) is 11.5 Å². The molecule has 0 radical (unpaired) electrons. The van der Waals surface area contributed by atoms with E-state index in [0.717, 1.165) is 25.9 Å². The van der Waals surface area contributed by atoms with Gasteiger partial charge < -0.3 is 14.4 Å². The maximum atomic E-state index is 12.4. The van der Waals surface area contributed by atoms with E-state index in [1.807, 2.05) is 18.7 Å². The molecule has 0 bridgehead atoms. The molecule has 0 spiro atoms. The third kappa shape index (κ3) is 5.60. The average molecular weight is 384 g/mol. The monoisotopic (exact) mass is 384 g/mol. The second-order valence-corrected chi connectivity index (χ2v) is 7.85. The molecule has 0 unspecified atom stereocenters. The fourth-order valence-corrected chi connectivity index (χ4v) is 3.88. The largest absolute Gasteiger partial charge is 0.486 e. The number of amides is 1. The first-order valence-corrected chi connectivity index (χ1v) is 10.6. The molecule has 2 rings (SSSR count). The second kappa shape index (κ2) is 9.78. The highest BCUT2D eigenvalue weighted by atomic mass is 32.2. The van der Waals surface area contributed by atoms with E-state index in [9.17, 15) is 13.2 Å². The Morgan fingerprint density at radius 2 is 1.77 bits per heavy atom. The van der Waals surface area contributed by atoms with Crippen molar-refractivity contribution in [1.82, 2.24) is 9.62 Å². The standard InChI is InChI=1S/C18H28N2O5S/c1-3-20(4-2)18(21)8-6-5-7-11-19-26(22,23)15-9-10-16-17(14-15)25-13-12-24-16/h9-10,14,19H,3-8,11-13H2,1-2H3. The van der Waals surface area contributed by atoms with Gasteiger partial charge in [0.25, 0.3) is 0 Å². The fourth-order valence-electron chi connectivity index (χ4n) is 2.79. The Labute approximate surface area is 155 Å². The van der Waals surface area contributed by atoms with E-state index in [4.69, 9.17) is 9.47 Å². The van der Waals surface area contributed by atoms with Crippen LogP contribution in [0.5, 0.6) is 11.5 Å². The van der Waals surface area contributed by atoms with Crippen LogP contribution in [0.25, 0.3) is 0 Å². The Morgan fingerprint density at radius 3 is 2.46 bits per heavy atom. The van der Waals surface area contributed by atoms with Crippen molar-refractivity contribution < 1.29 is 22.7 Å². The third-order valence-electron chi connectivity index (χ3n) is 4.30. The van der Waals surface area contributed by atoms with Gasteiger partial charge in [-0.15, -0.1) is 0 Å². The number of nitrogens with one attached hydrogen (secondary N) is 1. The quantitative estimate of drug-likeness (QED) is 0.625. The highest BCUT2D eigenvalue weighted by Gasteiger charge is 2.19. The fraction of sp³-hybridized carbons (Fsp3) is 0.611. The molecule has 0 aliphatic carbocycles. The predicted molar refractivity (Wildman–Crippen MR) is 99.0 cm³/mol. The lowest BCUT2D eigenvalue weighted by Gasteiger charge is -2.19. The van der Waals surface area contributed by atoms with Gasteiger partial charge in [0.2, 0.25) is 15.9 Å². The SMILES string of the molecule is CCN(CC)C(=O)CCCCCNS(=O)(=O)c1ccc2c(c1)OCCO2. The van der Waals surface area contributed by atoms with Gasteiger partial charge in [0.1, 0.15) is 13.2 Å². The van der Waals surface area contributed by atoms with Crippen LogP contribution < -0.4 is 14.2 Å². The van der Waals surface area contributed by atoms with E-state index in [2.05, 4.69) is 4.72 Å². The Hall–Kier alpha value is -1.80. The van der Waals surface area contributed by atoms with E-state index < -0.39 is 10.0 Å². The highest BCUT2D eigenvalue weighted by molar-refractivity contribution is 7.89. The predicted octanol–water partition coefficient (Wildman–Crippen LogP) is 2.16. The first-order valence-electron chi connectivity index (χ1n) is 9.15. The smallest absolute Gasteiger partial charge is 0.240 e. The molecule has 0 atom stereocenters. The molecule has 1 heterocycles. The summed E-state index contributed by atoms with van der Waals surface area (Å²) < 4.78 is 38.1. The van der Waals surface area contributed by atoms with Gasteiger partial charge in [-0.3, -0.25) is 4.79 Å². The molecule has 0 aromatic heterocycles. The summed E-state index contributed by atoms with van der Waals surface area (Å²) in [6.45, 7) is 6.61. The van der Waals surface area contributed by atoms with Crippen LogP contribution in [-0.2, 0) is 14.8 Å². The number of unbranched alkanes of at least 4 members (excludes halogenated alkanes) is 2. The number of sulfonamides is 1. The van der Waals surface area contributed by atoms with Crippen molar-refractivity contribution in [2.24, 2.45) is 0 Å². The van der Waals surface area contributed by atoms with Crippen LogP contribution in [0.3, 0.4) is 0 Å². The molecule has 26 heavy (non-hydrogen) atoms. The minimum absolute atomic E-state index is 0.159. The summed E-state index contributed by atoms with van der Waals surface area (Å²) in [6, 6.07) is 4.61. The van der Waals surface area contributed by atoms with Crippen LogP contribution in [0.4, 0.5) is 0 Å². The maximum absolute atomic E-state index is 12.4. The van der Waals surface area contributed by atoms with Gasteiger partial charge in [-0.2, -0.15) is 0 Å². The van der Waals surface area contributed by atoms with E-state index in [1.165, 1.54) is 12.1 Å². The molecule has 146 valence electrons. The Balaban J connectivity index is 1.74. The van der Waals surface area contributed by atoms with Gasteiger partial charge in [0.15, 0.2) is 11.5 Å². The maximum Gasteiger partial charge on any atom is 0.240 e. The summed E-state index contributed by atoms with van der Waals surface area (Å²) in [4.78, 5) is 13.9. The van der Waals surface area contributed by atoms with E-state index in [-0.39, 0.29) is 10.8 Å². The molecule has 1 aromatic rings. The van der Waals surface area contributed by atoms with Crippen molar-refractivity contribution in [3.05, 3.63) is 18.2 Å². The lowest BCUT2D eigenvalue weighted by Crippen LogP contribution is -2.30. The van der Waals surface area contributed by atoms with Crippen LogP contribution in [0, 0.1) is 0 Å². The third-order valence-corrected chi connectivity index (χ3v) is 5.76. The summed E-state index contributed by atoms with van der Waals surface area (Å²) in [6.07, 6.45) is 2.77. The first-order chi connectivity index (χ1) is 12.5. The molecular formula is C18H28N2O5S. The van der Waals surface area contributed by atoms with Crippen LogP contribution in [0.1, 0.15) is 39.5 Å². The molecule has 0 saturated heterocycles. The molecule has 0 saturated carbocycles. The van der Waals surface area contributed by atoms with E-state index in [1.54, 1.807) is 6.07 Å². The van der Waals surface area contributed by atoms with Crippen molar-refractivity contribution in [2.45, 2.75) is 44.4 Å². The second-order valence-electron chi connectivity index (χ2n) is 6.08. The summed E-state index contributed by atoms with van der Waals surface area (Å²) in [5.41, 5.74) is 0. The van der Waals surface area contributed by atoms with Crippen molar-refractivity contribution in [1.29, 1.82) is 0 Å². The van der Waals surface area contributed by atoms with Crippen LogP contribution >= 0.6 is 0 Å². The summed E-state index contributed by atoms with van der Waals surface area (Å²) in [5, 5.41) is 0. The highest BCUT2D eigenvalue weighted by Crippen LogP contribution is 2.32. The van der Waals surface area contributed by atoms with Gasteiger partial charge in [0, 0.05) is 32.1 Å².